The van der Waals surface area contributed by atoms with Crippen LogP contribution in [0.25, 0.3) is 10.9 Å². The summed E-state index contributed by atoms with van der Waals surface area (Å²) < 4.78 is 4.88. The first-order valence-electron chi connectivity index (χ1n) is 9.35. The number of anilines is 1. The van der Waals surface area contributed by atoms with Crippen molar-refractivity contribution < 1.29 is 14.3 Å². The molecule has 2 aromatic carbocycles. The molecule has 0 saturated carbocycles. The number of carbonyl (C=O) groups excluding carboxylic acids is 2. The van der Waals surface area contributed by atoms with Crippen molar-refractivity contribution in [1.29, 1.82) is 0 Å². The second kappa shape index (κ2) is 7.48. The molecule has 2 N–H and O–H groups in total. The number of carbonyl (C=O) groups is 2. The van der Waals surface area contributed by atoms with E-state index in [0.29, 0.717) is 5.69 Å². The molecule has 0 spiro atoms. The Kier molecular flexibility index (Phi) is 4.88. The number of aromatic amines is 1. The number of rotatable bonds is 4. The summed E-state index contributed by atoms with van der Waals surface area (Å²) in [4.78, 5) is 30.1. The number of nitrogens with one attached hydrogen (secondary N) is 2. The molecule has 144 valence electrons. The summed E-state index contributed by atoms with van der Waals surface area (Å²) in [7, 11) is 1.33. The van der Waals surface area contributed by atoms with Crippen LogP contribution >= 0.6 is 0 Å². The lowest BCUT2D eigenvalue weighted by atomic mass is 10.00. The maximum absolute atomic E-state index is 12.7. The van der Waals surface area contributed by atoms with Gasteiger partial charge in [0.05, 0.1) is 19.3 Å². The van der Waals surface area contributed by atoms with Gasteiger partial charge < -0.3 is 15.0 Å². The van der Waals surface area contributed by atoms with Crippen LogP contribution in [0, 0.1) is 6.92 Å². The largest absolute Gasteiger partial charge is 0.464 e. The summed E-state index contributed by atoms with van der Waals surface area (Å²) in [5.74, 6) is -0.651. The van der Waals surface area contributed by atoms with Gasteiger partial charge in [-0.15, -0.1) is 0 Å². The van der Waals surface area contributed by atoms with Crippen LogP contribution in [0.15, 0.2) is 42.5 Å². The highest BCUT2D eigenvalue weighted by Gasteiger charge is 2.22. The smallest absolute Gasteiger partial charge is 0.356 e. The van der Waals surface area contributed by atoms with Crippen LogP contribution < -0.4 is 5.32 Å². The van der Waals surface area contributed by atoms with Gasteiger partial charge in [0.2, 0.25) is 5.91 Å². The Bertz CT molecular complexity index is 1050. The summed E-state index contributed by atoms with van der Waals surface area (Å²) in [6.45, 7) is 3.83. The zero-order valence-electron chi connectivity index (χ0n) is 16.0. The third-order valence-corrected chi connectivity index (χ3v) is 5.18. The van der Waals surface area contributed by atoms with E-state index < -0.39 is 5.97 Å². The minimum Gasteiger partial charge on any atom is -0.464 e. The molecular formula is C22H23N3O3. The van der Waals surface area contributed by atoms with Gasteiger partial charge in [0, 0.05) is 24.0 Å². The van der Waals surface area contributed by atoms with Gasteiger partial charge in [-0.3, -0.25) is 9.69 Å². The zero-order valence-corrected chi connectivity index (χ0v) is 16.0. The Morgan fingerprint density at radius 3 is 2.75 bits per heavy atom. The Hall–Kier alpha value is -3.12. The average molecular weight is 377 g/mol. The quantitative estimate of drug-likeness (QED) is 0.685. The maximum atomic E-state index is 12.7. The molecule has 3 aromatic rings. The molecular weight excluding hydrogens is 354 g/mol. The molecule has 6 heteroatoms. The Labute approximate surface area is 163 Å². The highest BCUT2D eigenvalue weighted by molar-refractivity contribution is 6.11. The van der Waals surface area contributed by atoms with Crippen LogP contribution in [0.1, 0.15) is 27.2 Å². The van der Waals surface area contributed by atoms with Crippen molar-refractivity contribution in [3.8, 4) is 0 Å². The Morgan fingerprint density at radius 2 is 1.96 bits per heavy atom. The van der Waals surface area contributed by atoms with Crippen molar-refractivity contribution >= 4 is 28.5 Å². The SMILES string of the molecule is COC(=O)c1[nH]c2cc(C)ccc2c1NC(=O)CN1CCc2ccccc2C1. The Balaban J connectivity index is 1.54. The monoisotopic (exact) mass is 377 g/mol. The third-order valence-electron chi connectivity index (χ3n) is 5.18. The molecule has 0 radical (unpaired) electrons. The number of aromatic nitrogens is 1. The number of hydrogen-bond acceptors (Lipinski definition) is 4. The van der Waals surface area contributed by atoms with Crippen LogP contribution in [0.3, 0.4) is 0 Å². The van der Waals surface area contributed by atoms with E-state index >= 15 is 0 Å². The van der Waals surface area contributed by atoms with E-state index in [9.17, 15) is 9.59 Å². The molecule has 0 unspecified atom stereocenters. The van der Waals surface area contributed by atoms with E-state index in [1.165, 1.54) is 18.2 Å². The summed E-state index contributed by atoms with van der Waals surface area (Å²) in [6, 6.07) is 14.1. The normalized spacial score (nSPS) is 13.9. The van der Waals surface area contributed by atoms with E-state index in [0.717, 1.165) is 36.0 Å². The number of aryl methyl sites for hydroxylation is 1. The second-order valence-corrected chi connectivity index (χ2v) is 7.19. The predicted octanol–water partition coefficient (Wildman–Crippen LogP) is 3.26. The molecule has 0 aliphatic carbocycles. The summed E-state index contributed by atoms with van der Waals surface area (Å²) >= 11 is 0. The van der Waals surface area contributed by atoms with Crippen molar-refractivity contribution in [2.75, 3.05) is 25.5 Å². The molecule has 1 amide bonds. The number of fused-ring (bicyclic) bond motifs is 2. The first kappa shape index (κ1) is 18.3. The lowest BCUT2D eigenvalue weighted by molar-refractivity contribution is -0.117. The van der Waals surface area contributed by atoms with Crippen molar-refractivity contribution in [2.24, 2.45) is 0 Å². The number of H-pyrrole nitrogens is 1. The second-order valence-electron chi connectivity index (χ2n) is 7.19. The van der Waals surface area contributed by atoms with E-state index in [1.54, 1.807) is 0 Å². The molecule has 28 heavy (non-hydrogen) atoms. The van der Waals surface area contributed by atoms with Crippen molar-refractivity contribution in [1.82, 2.24) is 9.88 Å². The van der Waals surface area contributed by atoms with Crippen LogP contribution in [-0.4, -0.2) is 42.0 Å². The summed E-state index contributed by atoms with van der Waals surface area (Å²) in [5.41, 5.74) is 5.21. The minimum absolute atomic E-state index is 0.147. The van der Waals surface area contributed by atoms with E-state index in [4.69, 9.17) is 4.74 Å². The van der Waals surface area contributed by atoms with Gasteiger partial charge in [0.15, 0.2) is 0 Å². The van der Waals surface area contributed by atoms with Crippen molar-refractivity contribution in [3.63, 3.8) is 0 Å². The number of methoxy groups -OCH3 is 1. The lowest BCUT2D eigenvalue weighted by Gasteiger charge is -2.28. The van der Waals surface area contributed by atoms with Crippen LogP contribution in [0.4, 0.5) is 5.69 Å². The lowest BCUT2D eigenvalue weighted by Crippen LogP contribution is -2.37. The molecule has 6 nitrogen and oxygen atoms in total. The van der Waals surface area contributed by atoms with Crippen LogP contribution in [-0.2, 0) is 22.5 Å². The van der Waals surface area contributed by atoms with E-state index in [2.05, 4.69) is 27.3 Å². The minimum atomic E-state index is -0.504. The molecule has 0 saturated heterocycles. The highest BCUT2D eigenvalue weighted by Crippen LogP contribution is 2.29. The van der Waals surface area contributed by atoms with Crippen molar-refractivity contribution in [2.45, 2.75) is 19.9 Å². The first-order chi connectivity index (χ1) is 13.5. The third kappa shape index (κ3) is 3.51. The first-order valence-corrected chi connectivity index (χ1v) is 9.35. The Morgan fingerprint density at radius 1 is 1.18 bits per heavy atom. The zero-order chi connectivity index (χ0) is 19.7. The van der Waals surface area contributed by atoms with Crippen LogP contribution in [0.5, 0.6) is 0 Å². The highest BCUT2D eigenvalue weighted by atomic mass is 16.5. The van der Waals surface area contributed by atoms with Gasteiger partial charge in [0.25, 0.3) is 0 Å². The molecule has 2 heterocycles. The van der Waals surface area contributed by atoms with E-state index in [-0.39, 0.29) is 18.1 Å². The van der Waals surface area contributed by atoms with Gasteiger partial charge in [-0.2, -0.15) is 0 Å². The maximum Gasteiger partial charge on any atom is 0.356 e. The molecule has 1 aliphatic rings. The van der Waals surface area contributed by atoms with Gasteiger partial charge in [0.1, 0.15) is 5.69 Å². The number of esters is 1. The summed E-state index contributed by atoms with van der Waals surface area (Å²) in [5, 5.41) is 3.72. The fourth-order valence-corrected chi connectivity index (χ4v) is 3.77. The van der Waals surface area contributed by atoms with Gasteiger partial charge in [-0.1, -0.05) is 36.4 Å². The molecule has 4 rings (SSSR count). The number of benzene rings is 2. The number of hydrogen-bond donors (Lipinski definition) is 2. The number of nitrogens with zero attached hydrogens (tertiary/aromatic N) is 1. The summed E-state index contributed by atoms with van der Waals surface area (Å²) in [6.07, 6.45) is 0.934. The number of ether oxygens (including phenoxy) is 1. The molecule has 1 aliphatic heterocycles. The fraction of sp³-hybridized carbons (Fsp3) is 0.273. The predicted molar refractivity (Wildman–Crippen MR) is 108 cm³/mol. The molecule has 0 atom stereocenters. The average Bonchev–Trinajstić information content (AvgIpc) is 3.04. The standard InChI is InChI=1S/C22H23N3O3/c1-14-7-8-17-18(11-14)23-21(22(27)28-2)20(17)24-19(26)13-25-10-9-15-5-3-4-6-16(15)12-25/h3-8,11,23H,9-10,12-13H2,1-2H3,(H,24,26). The topological polar surface area (TPSA) is 74.4 Å². The van der Waals surface area contributed by atoms with E-state index in [1.807, 2.05) is 37.3 Å². The number of amides is 1. The molecule has 0 fully saturated rings. The van der Waals surface area contributed by atoms with Gasteiger partial charge in [-0.25, -0.2) is 4.79 Å². The molecule has 1 aromatic heterocycles. The fourth-order valence-electron chi connectivity index (χ4n) is 3.77. The molecule has 0 bridgehead atoms. The van der Waals surface area contributed by atoms with Crippen molar-refractivity contribution in [3.05, 3.63) is 64.8 Å². The van der Waals surface area contributed by atoms with Gasteiger partial charge in [-0.05, 0) is 36.1 Å². The van der Waals surface area contributed by atoms with Crippen LogP contribution in [0.2, 0.25) is 0 Å². The van der Waals surface area contributed by atoms with Gasteiger partial charge >= 0.3 is 5.97 Å².